The Hall–Kier alpha value is -2.08. The topological polar surface area (TPSA) is 25.4 Å². The van der Waals surface area contributed by atoms with Crippen molar-refractivity contribution in [3.8, 4) is 11.3 Å². The Labute approximate surface area is 250 Å². The van der Waals surface area contributed by atoms with Crippen molar-refractivity contribution < 1.29 is 4.74 Å². The number of hydrogen-bond donors (Lipinski definition) is 0. The van der Waals surface area contributed by atoms with Gasteiger partial charge in [0.2, 0.25) is 0 Å². The molecule has 0 N–H and O–H groups in total. The van der Waals surface area contributed by atoms with Gasteiger partial charge in [0.05, 0.1) is 30.0 Å². The number of anilines is 1. The van der Waals surface area contributed by atoms with Crippen LogP contribution in [-0.2, 0) is 23.8 Å². The van der Waals surface area contributed by atoms with E-state index in [0.717, 1.165) is 45.4 Å². The molecule has 4 aromatic rings. The molecule has 5 rings (SSSR count). The summed E-state index contributed by atoms with van der Waals surface area (Å²) in [6, 6.07) is 23.1. The van der Waals surface area contributed by atoms with Crippen molar-refractivity contribution in [1.29, 1.82) is 0 Å². The average molecular weight is 600 g/mol. The molecule has 1 heterocycles. The maximum atomic E-state index is 6.56. The highest BCUT2D eigenvalue weighted by molar-refractivity contribution is 7.16. The molecule has 0 radical (unpaired) electrons. The first-order valence-electron chi connectivity index (χ1n) is 13.5. The molecule has 1 aromatic heterocycles. The summed E-state index contributed by atoms with van der Waals surface area (Å²) in [6.07, 6.45) is 3.55. The second kappa shape index (κ2) is 13.1. The van der Waals surface area contributed by atoms with E-state index in [1.807, 2.05) is 24.3 Å². The summed E-state index contributed by atoms with van der Waals surface area (Å²) in [7, 11) is 0. The Morgan fingerprint density at radius 2 is 1.72 bits per heavy atom. The number of rotatable bonds is 12. The van der Waals surface area contributed by atoms with E-state index in [1.165, 1.54) is 24.0 Å². The number of ether oxygens (including phenoxy) is 1. The minimum atomic E-state index is 0.303. The SMILES string of the molecule is CCCN(c1nc(-c2ccc(Cl)cc2Cl)c(C)s1)C(c1ccc(COCc2cccc(CCl)c2)cc1)C1CC1. The van der Waals surface area contributed by atoms with Crippen molar-refractivity contribution in [1.82, 2.24) is 4.98 Å². The highest BCUT2D eigenvalue weighted by Crippen LogP contribution is 2.48. The van der Waals surface area contributed by atoms with E-state index >= 15 is 0 Å². The van der Waals surface area contributed by atoms with E-state index in [0.29, 0.717) is 41.1 Å². The first kappa shape index (κ1) is 28.4. The lowest BCUT2D eigenvalue weighted by Gasteiger charge is -2.32. The predicted octanol–water partition coefficient (Wildman–Crippen LogP) is 10.2. The van der Waals surface area contributed by atoms with Crippen LogP contribution < -0.4 is 4.90 Å². The van der Waals surface area contributed by atoms with E-state index in [4.69, 9.17) is 44.5 Å². The largest absolute Gasteiger partial charge is 0.372 e. The third-order valence-corrected chi connectivity index (χ3v) is 8.95. The van der Waals surface area contributed by atoms with Crippen LogP contribution in [0, 0.1) is 12.8 Å². The van der Waals surface area contributed by atoms with Crippen molar-refractivity contribution in [3.63, 3.8) is 0 Å². The Kier molecular flexibility index (Phi) is 9.52. The zero-order valence-electron chi connectivity index (χ0n) is 22.3. The fourth-order valence-corrected chi connectivity index (χ4v) is 6.70. The maximum Gasteiger partial charge on any atom is 0.186 e. The zero-order chi connectivity index (χ0) is 27.4. The minimum Gasteiger partial charge on any atom is -0.372 e. The second-order valence-electron chi connectivity index (χ2n) is 10.2. The van der Waals surface area contributed by atoms with Gasteiger partial charge < -0.3 is 9.64 Å². The number of thiazole rings is 1. The van der Waals surface area contributed by atoms with E-state index in [2.05, 4.69) is 55.1 Å². The van der Waals surface area contributed by atoms with Crippen LogP contribution in [0.15, 0.2) is 66.7 Å². The molecule has 7 heteroatoms. The average Bonchev–Trinajstić information content (AvgIpc) is 3.70. The van der Waals surface area contributed by atoms with E-state index < -0.39 is 0 Å². The summed E-state index contributed by atoms with van der Waals surface area (Å²) in [5, 5.41) is 2.32. The Balaban J connectivity index is 1.33. The van der Waals surface area contributed by atoms with Gasteiger partial charge in [0, 0.05) is 27.9 Å². The van der Waals surface area contributed by atoms with Gasteiger partial charge in [0.25, 0.3) is 0 Å². The van der Waals surface area contributed by atoms with E-state index in [9.17, 15) is 0 Å². The zero-order valence-corrected chi connectivity index (χ0v) is 25.4. The number of nitrogens with zero attached hydrogens (tertiary/aromatic N) is 2. The quantitative estimate of drug-likeness (QED) is 0.151. The molecule has 0 saturated heterocycles. The molecule has 1 saturated carbocycles. The Morgan fingerprint density at radius 3 is 2.41 bits per heavy atom. The maximum absolute atomic E-state index is 6.56. The summed E-state index contributed by atoms with van der Waals surface area (Å²) in [4.78, 5) is 8.81. The van der Waals surface area contributed by atoms with Gasteiger partial charge in [0.1, 0.15) is 0 Å². The van der Waals surface area contributed by atoms with Gasteiger partial charge in [-0.15, -0.1) is 22.9 Å². The van der Waals surface area contributed by atoms with Gasteiger partial charge in [0.15, 0.2) is 5.13 Å². The van der Waals surface area contributed by atoms with Gasteiger partial charge in [-0.3, -0.25) is 0 Å². The standard InChI is InChI=1S/C32H33Cl3N2OS/c1-3-15-37(32-36-30(21(2)39-32)28-14-13-27(34)17-29(28)35)31(26-11-12-26)25-9-7-22(8-10-25)19-38-20-24-6-4-5-23(16-24)18-33/h4-10,13-14,16-17,26,31H,3,11-12,15,18-20H2,1-2H3. The molecule has 1 unspecified atom stereocenters. The first-order valence-corrected chi connectivity index (χ1v) is 15.6. The molecule has 3 aromatic carbocycles. The van der Waals surface area contributed by atoms with E-state index in [-0.39, 0.29) is 0 Å². The van der Waals surface area contributed by atoms with Crippen LogP contribution in [0.3, 0.4) is 0 Å². The minimum absolute atomic E-state index is 0.303. The number of hydrogen-bond acceptors (Lipinski definition) is 4. The fraction of sp³-hybridized carbons (Fsp3) is 0.344. The van der Waals surface area contributed by atoms with Crippen molar-refractivity contribution in [2.24, 2.45) is 5.92 Å². The Bertz CT molecular complexity index is 1400. The first-order chi connectivity index (χ1) is 19.0. The van der Waals surface area contributed by atoms with Crippen LogP contribution >= 0.6 is 46.1 Å². The monoisotopic (exact) mass is 598 g/mol. The lowest BCUT2D eigenvalue weighted by molar-refractivity contribution is 0.107. The molecule has 1 aliphatic rings. The lowest BCUT2D eigenvalue weighted by atomic mass is 9.99. The van der Waals surface area contributed by atoms with Gasteiger partial charge in [-0.2, -0.15) is 0 Å². The number of halogens is 3. The van der Waals surface area contributed by atoms with Crippen LogP contribution in [0.5, 0.6) is 0 Å². The summed E-state index contributed by atoms with van der Waals surface area (Å²) in [5.41, 5.74) is 6.64. The van der Waals surface area contributed by atoms with Crippen molar-refractivity contribution >= 4 is 51.3 Å². The molecule has 204 valence electrons. The number of benzene rings is 3. The van der Waals surface area contributed by atoms with Crippen LogP contribution in [0.1, 0.15) is 59.4 Å². The van der Waals surface area contributed by atoms with Crippen LogP contribution in [-0.4, -0.2) is 11.5 Å². The molecule has 0 spiro atoms. The van der Waals surface area contributed by atoms with Gasteiger partial charge in [-0.05, 0) is 72.6 Å². The molecule has 1 atom stereocenters. The molecular formula is C32H33Cl3N2OS. The van der Waals surface area contributed by atoms with Gasteiger partial charge >= 0.3 is 0 Å². The smallest absolute Gasteiger partial charge is 0.186 e. The van der Waals surface area contributed by atoms with Crippen molar-refractivity contribution in [3.05, 3.63) is 104 Å². The summed E-state index contributed by atoms with van der Waals surface area (Å²) in [6.45, 7) is 6.46. The summed E-state index contributed by atoms with van der Waals surface area (Å²) >= 11 is 20.4. The number of aromatic nitrogens is 1. The molecule has 1 fully saturated rings. The summed E-state index contributed by atoms with van der Waals surface area (Å²) in [5.74, 6) is 1.16. The normalized spacial score (nSPS) is 14.0. The molecule has 0 bridgehead atoms. The molecule has 0 amide bonds. The molecule has 3 nitrogen and oxygen atoms in total. The molecule has 39 heavy (non-hydrogen) atoms. The van der Waals surface area contributed by atoms with Crippen molar-refractivity contribution in [2.75, 3.05) is 11.4 Å². The second-order valence-corrected chi connectivity index (χ2v) is 12.5. The highest BCUT2D eigenvalue weighted by atomic mass is 35.5. The van der Waals surface area contributed by atoms with E-state index in [1.54, 1.807) is 17.4 Å². The Morgan fingerprint density at radius 1 is 0.974 bits per heavy atom. The highest BCUT2D eigenvalue weighted by Gasteiger charge is 2.37. The number of alkyl halides is 1. The third kappa shape index (κ3) is 6.99. The van der Waals surface area contributed by atoms with Gasteiger partial charge in [-0.1, -0.05) is 78.7 Å². The molecule has 0 aliphatic heterocycles. The summed E-state index contributed by atoms with van der Waals surface area (Å²) < 4.78 is 6.01. The van der Waals surface area contributed by atoms with Crippen LogP contribution in [0.25, 0.3) is 11.3 Å². The van der Waals surface area contributed by atoms with Gasteiger partial charge in [-0.25, -0.2) is 4.98 Å². The van der Waals surface area contributed by atoms with Crippen molar-refractivity contribution in [2.45, 2.75) is 58.2 Å². The third-order valence-electron chi connectivity index (χ3n) is 7.09. The molecule has 1 aliphatic carbocycles. The lowest BCUT2D eigenvalue weighted by Crippen LogP contribution is -2.31. The predicted molar refractivity (Wildman–Crippen MR) is 166 cm³/mol. The molecular weight excluding hydrogens is 567 g/mol. The van der Waals surface area contributed by atoms with Crippen LogP contribution in [0.4, 0.5) is 5.13 Å². The number of aryl methyl sites for hydroxylation is 1. The van der Waals surface area contributed by atoms with Crippen LogP contribution in [0.2, 0.25) is 10.0 Å². The fourth-order valence-electron chi connectivity index (χ4n) is 5.05.